The first kappa shape index (κ1) is 26.2. The number of esters is 1. The van der Waals surface area contributed by atoms with Crippen LogP contribution in [0.2, 0.25) is 0 Å². The predicted octanol–water partition coefficient (Wildman–Crippen LogP) is 6.40. The van der Waals surface area contributed by atoms with E-state index in [1.807, 2.05) is 30.3 Å². The number of carbonyl (C=O) groups excluding carboxylic acids is 2. The second-order valence-corrected chi connectivity index (χ2v) is 9.14. The fraction of sp³-hybridized carbons (Fsp3) is 0.333. The molecular formula is C30H33NO6. The molecule has 0 aliphatic carbocycles. The minimum Gasteiger partial charge on any atom is -0.488 e. The molecule has 0 saturated heterocycles. The number of hydrogen-bond acceptors (Lipinski definition) is 6. The van der Waals surface area contributed by atoms with Crippen molar-refractivity contribution in [3.63, 3.8) is 0 Å². The molecule has 7 nitrogen and oxygen atoms in total. The number of fused-ring (bicyclic) bond motifs is 2. The highest BCUT2D eigenvalue weighted by Gasteiger charge is 2.32. The largest absolute Gasteiger partial charge is 0.488 e. The van der Waals surface area contributed by atoms with E-state index >= 15 is 0 Å². The molecule has 0 saturated carbocycles. The average molecular weight is 504 g/mol. The van der Waals surface area contributed by atoms with Crippen LogP contribution >= 0.6 is 0 Å². The van der Waals surface area contributed by atoms with Crippen molar-refractivity contribution in [1.82, 2.24) is 0 Å². The minimum atomic E-state index is -0.496. The van der Waals surface area contributed by atoms with Gasteiger partial charge in [-0.3, -0.25) is 4.79 Å². The standard InChI is InChI=1S/C30H33NO6/c1-5-30(3,6-2)36-18-17-31-23-19-22(29(33)34-4)15-16-24(23)37-26-14-10-13-25(27(26)28(31)32)35-20-21-11-8-7-9-12-21/h7-16,19H,5-6,17-18,20H2,1-4H3. The van der Waals surface area contributed by atoms with Gasteiger partial charge in [-0.05, 0) is 55.7 Å². The number of ether oxygens (including phenoxy) is 4. The van der Waals surface area contributed by atoms with Gasteiger partial charge in [0.05, 0.1) is 30.6 Å². The number of nitrogens with zero attached hydrogens (tertiary/aromatic N) is 1. The first-order valence-electron chi connectivity index (χ1n) is 12.5. The second-order valence-electron chi connectivity index (χ2n) is 9.14. The molecule has 0 spiro atoms. The summed E-state index contributed by atoms with van der Waals surface area (Å²) < 4.78 is 23.4. The Morgan fingerprint density at radius 1 is 0.973 bits per heavy atom. The fourth-order valence-corrected chi connectivity index (χ4v) is 4.14. The van der Waals surface area contributed by atoms with E-state index in [1.54, 1.807) is 41.3 Å². The van der Waals surface area contributed by atoms with Crippen LogP contribution in [0.15, 0.2) is 66.7 Å². The molecule has 37 heavy (non-hydrogen) atoms. The van der Waals surface area contributed by atoms with E-state index in [1.165, 1.54) is 7.11 Å². The van der Waals surface area contributed by atoms with E-state index < -0.39 is 5.97 Å². The van der Waals surface area contributed by atoms with Crippen molar-refractivity contribution in [2.24, 2.45) is 0 Å². The van der Waals surface area contributed by atoms with Gasteiger partial charge in [0.2, 0.25) is 0 Å². The van der Waals surface area contributed by atoms with Gasteiger partial charge in [0.25, 0.3) is 5.91 Å². The van der Waals surface area contributed by atoms with Gasteiger partial charge in [0, 0.05) is 6.54 Å². The van der Waals surface area contributed by atoms with E-state index in [4.69, 9.17) is 18.9 Å². The molecular weight excluding hydrogens is 470 g/mol. The number of carbonyl (C=O) groups is 2. The molecule has 1 aliphatic rings. The summed E-state index contributed by atoms with van der Waals surface area (Å²) in [5, 5.41) is 0. The molecule has 1 amide bonds. The van der Waals surface area contributed by atoms with Crippen LogP contribution in [0.5, 0.6) is 17.2 Å². The summed E-state index contributed by atoms with van der Waals surface area (Å²) in [5.41, 5.74) is 1.81. The number of rotatable bonds is 10. The summed E-state index contributed by atoms with van der Waals surface area (Å²) in [4.78, 5) is 27.9. The zero-order valence-electron chi connectivity index (χ0n) is 21.8. The molecule has 0 N–H and O–H groups in total. The lowest BCUT2D eigenvalue weighted by atomic mass is 10.0. The van der Waals surface area contributed by atoms with Gasteiger partial charge in [-0.2, -0.15) is 0 Å². The lowest BCUT2D eigenvalue weighted by Gasteiger charge is -2.29. The first-order valence-corrected chi connectivity index (χ1v) is 12.5. The Kier molecular flexibility index (Phi) is 8.14. The van der Waals surface area contributed by atoms with Crippen LogP contribution in [-0.4, -0.2) is 37.7 Å². The Labute approximate surface area is 217 Å². The fourth-order valence-electron chi connectivity index (χ4n) is 4.14. The van der Waals surface area contributed by atoms with Crippen molar-refractivity contribution in [2.45, 2.75) is 45.8 Å². The zero-order valence-corrected chi connectivity index (χ0v) is 21.8. The van der Waals surface area contributed by atoms with Crippen molar-refractivity contribution in [1.29, 1.82) is 0 Å². The van der Waals surface area contributed by atoms with Gasteiger partial charge < -0.3 is 23.8 Å². The topological polar surface area (TPSA) is 74.3 Å². The molecule has 0 aromatic heterocycles. The number of amides is 1. The molecule has 194 valence electrons. The third-order valence-corrected chi connectivity index (χ3v) is 6.84. The summed E-state index contributed by atoms with van der Waals surface area (Å²) in [6.07, 6.45) is 1.70. The van der Waals surface area contributed by atoms with Crippen molar-refractivity contribution in [3.8, 4) is 17.2 Å². The molecule has 3 aromatic carbocycles. The van der Waals surface area contributed by atoms with Gasteiger partial charge in [-0.15, -0.1) is 0 Å². The number of methoxy groups -OCH3 is 1. The zero-order chi connectivity index (χ0) is 26.4. The third kappa shape index (κ3) is 5.78. The van der Waals surface area contributed by atoms with Crippen molar-refractivity contribution in [3.05, 3.63) is 83.4 Å². The van der Waals surface area contributed by atoms with E-state index in [0.29, 0.717) is 47.3 Å². The minimum absolute atomic E-state index is 0.266. The van der Waals surface area contributed by atoms with Crippen LogP contribution < -0.4 is 14.4 Å². The van der Waals surface area contributed by atoms with Crippen LogP contribution in [0.25, 0.3) is 0 Å². The molecule has 4 rings (SSSR count). The van der Waals surface area contributed by atoms with Crippen LogP contribution in [-0.2, 0) is 16.1 Å². The maximum absolute atomic E-state index is 14.1. The lowest BCUT2D eigenvalue weighted by molar-refractivity contribution is -0.0332. The van der Waals surface area contributed by atoms with Crippen LogP contribution in [0.4, 0.5) is 5.69 Å². The Morgan fingerprint density at radius 2 is 1.73 bits per heavy atom. The van der Waals surface area contributed by atoms with E-state index in [0.717, 1.165) is 18.4 Å². The predicted molar refractivity (Wildman–Crippen MR) is 142 cm³/mol. The van der Waals surface area contributed by atoms with Crippen LogP contribution in [0.1, 0.15) is 59.9 Å². The number of anilines is 1. The number of benzene rings is 3. The smallest absolute Gasteiger partial charge is 0.337 e. The SMILES string of the molecule is CCC(C)(CC)OCCN1C(=O)c2c(OCc3ccccc3)cccc2Oc2ccc(C(=O)OC)cc21. The quantitative estimate of drug-likeness (QED) is 0.298. The van der Waals surface area contributed by atoms with Gasteiger partial charge >= 0.3 is 5.97 Å². The van der Waals surface area contributed by atoms with Gasteiger partial charge in [0.15, 0.2) is 5.75 Å². The summed E-state index contributed by atoms with van der Waals surface area (Å²) in [6, 6.07) is 20.0. The molecule has 3 aromatic rings. The summed E-state index contributed by atoms with van der Waals surface area (Å²) >= 11 is 0. The normalized spacial score (nSPS) is 12.8. The maximum Gasteiger partial charge on any atom is 0.337 e. The molecule has 0 unspecified atom stereocenters. The van der Waals surface area contributed by atoms with Gasteiger partial charge in [0.1, 0.15) is 23.7 Å². The molecule has 0 radical (unpaired) electrons. The Hall–Kier alpha value is -3.84. The Bertz CT molecular complexity index is 1250. The maximum atomic E-state index is 14.1. The second kappa shape index (κ2) is 11.5. The molecule has 0 atom stereocenters. The van der Waals surface area contributed by atoms with E-state index in [2.05, 4.69) is 20.8 Å². The molecule has 0 fully saturated rings. The molecule has 0 bridgehead atoms. The molecule has 1 aliphatic heterocycles. The first-order chi connectivity index (χ1) is 17.9. The summed E-state index contributed by atoms with van der Waals surface area (Å²) in [5.74, 6) is 0.472. The lowest BCUT2D eigenvalue weighted by Crippen LogP contribution is -2.37. The third-order valence-electron chi connectivity index (χ3n) is 6.84. The average Bonchev–Trinajstić information content (AvgIpc) is 3.05. The van der Waals surface area contributed by atoms with Gasteiger partial charge in [-0.25, -0.2) is 4.79 Å². The highest BCUT2D eigenvalue weighted by Crippen LogP contribution is 2.42. The van der Waals surface area contributed by atoms with Crippen LogP contribution in [0.3, 0.4) is 0 Å². The number of hydrogen-bond donors (Lipinski definition) is 0. The van der Waals surface area contributed by atoms with Crippen molar-refractivity contribution >= 4 is 17.6 Å². The van der Waals surface area contributed by atoms with Gasteiger partial charge in [-0.1, -0.05) is 50.2 Å². The van der Waals surface area contributed by atoms with Crippen molar-refractivity contribution < 1.29 is 28.5 Å². The Morgan fingerprint density at radius 3 is 2.43 bits per heavy atom. The Balaban J connectivity index is 1.71. The highest BCUT2D eigenvalue weighted by atomic mass is 16.5. The monoisotopic (exact) mass is 503 g/mol. The van der Waals surface area contributed by atoms with E-state index in [9.17, 15) is 9.59 Å². The van der Waals surface area contributed by atoms with Crippen molar-refractivity contribution in [2.75, 3.05) is 25.2 Å². The summed E-state index contributed by atoms with van der Waals surface area (Å²) in [6.45, 7) is 7.11. The van der Waals surface area contributed by atoms with Crippen LogP contribution in [0, 0.1) is 0 Å². The summed E-state index contributed by atoms with van der Waals surface area (Å²) in [7, 11) is 1.32. The molecule has 7 heteroatoms. The van der Waals surface area contributed by atoms with E-state index in [-0.39, 0.29) is 18.1 Å². The molecule has 1 heterocycles. The highest BCUT2D eigenvalue weighted by molar-refractivity contribution is 6.12.